The number of rotatable bonds is 4. The number of benzene rings is 1. The number of fused-ring (bicyclic) bond motifs is 1. The number of nitro groups is 1. The number of aromatic nitrogens is 1. The normalized spacial score (nSPS) is 12.4. The number of nitrogens with one attached hydrogen (secondary N) is 1. The Hall–Kier alpha value is -2.83. The van der Waals surface area contributed by atoms with E-state index in [1.165, 1.54) is 12.1 Å². The van der Waals surface area contributed by atoms with Crippen molar-refractivity contribution in [1.82, 2.24) is 4.98 Å². The highest BCUT2D eigenvalue weighted by atomic mass is 16.6. The molecule has 102 valence electrons. The van der Waals surface area contributed by atoms with Gasteiger partial charge in [0.05, 0.1) is 23.3 Å². The van der Waals surface area contributed by atoms with Crippen LogP contribution in [-0.2, 0) is 0 Å². The van der Waals surface area contributed by atoms with Crippen molar-refractivity contribution >= 4 is 22.8 Å². The number of anilines is 1. The van der Waals surface area contributed by atoms with E-state index in [2.05, 4.69) is 10.3 Å². The molecule has 20 heavy (non-hydrogen) atoms. The number of hydrogen-bond donors (Lipinski definition) is 1. The molecule has 0 saturated heterocycles. The molecule has 1 atom stereocenters. The maximum atomic E-state index is 10.7. The van der Waals surface area contributed by atoms with Crippen LogP contribution in [0, 0.1) is 10.1 Å². The Morgan fingerprint density at radius 3 is 2.95 bits per heavy atom. The van der Waals surface area contributed by atoms with Gasteiger partial charge in [0.15, 0.2) is 5.58 Å². The van der Waals surface area contributed by atoms with Gasteiger partial charge in [-0.2, -0.15) is 4.98 Å². The van der Waals surface area contributed by atoms with Crippen LogP contribution in [0.15, 0.2) is 45.4 Å². The third-order valence-corrected chi connectivity index (χ3v) is 2.89. The lowest BCUT2D eigenvalue weighted by Crippen LogP contribution is -2.05. The molecule has 0 aliphatic carbocycles. The van der Waals surface area contributed by atoms with Gasteiger partial charge in [-0.1, -0.05) is 0 Å². The van der Waals surface area contributed by atoms with Crippen molar-refractivity contribution in [2.24, 2.45) is 0 Å². The summed E-state index contributed by atoms with van der Waals surface area (Å²) in [7, 11) is 0. The zero-order valence-electron chi connectivity index (χ0n) is 10.6. The minimum atomic E-state index is -0.472. The number of nitro benzene ring substituents is 1. The van der Waals surface area contributed by atoms with E-state index >= 15 is 0 Å². The van der Waals surface area contributed by atoms with Crippen LogP contribution in [0.5, 0.6) is 0 Å². The van der Waals surface area contributed by atoms with Gasteiger partial charge < -0.3 is 14.2 Å². The molecule has 3 aromatic rings. The largest absolute Gasteiger partial charge is 0.467 e. The Balaban J connectivity index is 1.87. The van der Waals surface area contributed by atoms with Gasteiger partial charge in [-0.3, -0.25) is 10.1 Å². The van der Waals surface area contributed by atoms with Gasteiger partial charge in [-0.15, -0.1) is 0 Å². The molecule has 0 saturated carbocycles. The van der Waals surface area contributed by atoms with Gasteiger partial charge in [-0.25, -0.2) is 0 Å². The summed E-state index contributed by atoms with van der Waals surface area (Å²) in [5, 5.41) is 13.7. The molecular weight excluding hydrogens is 262 g/mol. The Labute approximate surface area is 113 Å². The highest BCUT2D eigenvalue weighted by Crippen LogP contribution is 2.26. The van der Waals surface area contributed by atoms with Crippen molar-refractivity contribution < 1.29 is 13.8 Å². The summed E-state index contributed by atoms with van der Waals surface area (Å²) < 4.78 is 10.7. The molecule has 1 N–H and O–H groups in total. The average Bonchev–Trinajstić information content (AvgIpc) is 3.06. The quantitative estimate of drug-likeness (QED) is 0.577. The van der Waals surface area contributed by atoms with Crippen LogP contribution in [0.4, 0.5) is 11.7 Å². The second-order valence-electron chi connectivity index (χ2n) is 4.31. The van der Waals surface area contributed by atoms with E-state index in [1.54, 1.807) is 18.4 Å². The number of hydrogen-bond acceptors (Lipinski definition) is 6. The first kappa shape index (κ1) is 12.2. The Morgan fingerprint density at radius 2 is 2.25 bits per heavy atom. The molecule has 0 aliphatic rings. The van der Waals surface area contributed by atoms with E-state index in [1.807, 2.05) is 13.0 Å². The third-order valence-electron chi connectivity index (χ3n) is 2.89. The van der Waals surface area contributed by atoms with Crippen LogP contribution in [0.2, 0.25) is 0 Å². The molecule has 0 amide bonds. The second-order valence-corrected chi connectivity index (χ2v) is 4.31. The zero-order chi connectivity index (χ0) is 14.1. The maximum absolute atomic E-state index is 10.7. The number of furan rings is 1. The molecule has 2 aromatic heterocycles. The van der Waals surface area contributed by atoms with Gasteiger partial charge in [0, 0.05) is 6.07 Å². The molecule has 3 rings (SSSR count). The van der Waals surface area contributed by atoms with Gasteiger partial charge in [0.25, 0.3) is 11.7 Å². The monoisotopic (exact) mass is 273 g/mol. The summed E-state index contributed by atoms with van der Waals surface area (Å²) >= 11 is 0. The van der Waals surface area contributed by atoms with Crippen molar-refractivity contribution in [1.29, 1.82) is 0 Å². The molecule has 0 aliphatic heterocycles. The van der Waals surface area contributed by atoms with Crippen LogP contribution in [0.3, 0.4) is 0 Å². The van der Waals surface area contributed by atoms with Gasteiger partial charge in [-0.05, 0) is 25.1 Å². The molecular formula is C13H11N3O4. The van der Waals surface area contributed by atoms with Crippen LogP contribution in [0.1, 0.15) is 18.7 Å². The van der Waals surface area contributed by atoms with Gasteiger partial charge in [0.2, 0.25) is 0 Å². The van der Waals surface area contributed by atoms with Crippen LogP contribution in [-0.4, -0.2) is 9.91 Å². The minimum absolute atomic E-state index is 0.0284. The number of non-ortho nitro benzene ring substituents is 1. The second kappa shape index (κ2) is 4.69. The van der Waals surface area contributed by atoms with Crippen molar-refractivity contribution in [2.45, 2.75) is 13.0 Å². The predicted octanol–water partition coefficient (Wildman–Crippen LogP) is 3.50. The highest BCUT2D eigenvalue weighted by molar-refractivity contribution is 5.77. The standard InChI is InChI=1S/C13H11N3O4/c1-8(11-3-2-6-19-11)14-13-15-10-5-4-9(16(17)18)7-12(10)20-13/h2-8H,1H3,(H,14,15). The molecule has 7 nitrogen and oxygen atoms in total. The smallest absolute Gasteiger partial charge is 0.296 e. The third kappa shape index (κ3) is 2.20. The van der Waals surface area contributed by atoms with Crippen molar-refractivity contribution in [3.63, 3.8) is 0 Å². The first-order chi connectivity index (χ1) is 9.63. The highest BCUT2D eigenvalue weighted by Gasteiger charge is 2.14. The van der Waals surface area contributed by atoms with E-state index in [0.717, 1.165) is 5.76 Å². The fourth-order valence-corrected chi connectivity index (χ4v) is 1.88. The van der Waals surface area contributed by atoms with E-state index in [4.69, 9.17) is 8.83 Å². The Morgan fingerprint density at radius 1 is 1.40 bits per heavy atom. The lowest BCUT2D eigenvalue weighted by Gasteiger charge is -2.07. The molecule has 0 bridgehead atoms. The minimum Gasteiger partial charge on any atom is -0.467 e. The lowest BCUT2D eigenvalue weighted by atomic mass is 10.3. The van der Waals surface area contributed by atoms with Crippen LogP contribution >= 0.6 is 0 Å². The summed E-state index contributed by atoms with van der Waals surface area (Å²) in [6.07, 6.45) is 1.59. The molecule has 1 unspecified atom stereocenters. The van der Waals surface area contributed by atoms with E-state index in [-0.39, 0.29) is 11.7 Å². The summed E-state index contributed by atoms with van der Waals surface area (Å²) in [4.78, 5) is 14.4. The first-order valence-electron chi connectivity index (χ1n) is 5.98. The zero-order valence-corrected chi connectivity index (χ0v) is 10.6. The summed E-state index contributed by atoms with van der Waals surface area (Å²) in [6.45, 7) is 1.90. The predicted molar refractivity (Wildman–Crippen MR) is 71.4 cm³/mol. The van der Waals surface area contributed by atoms with E-state index in [9.17, 15) is 10.1 Å². The first-order valence-corrected chi connectivity index (χ1v) is 5.98. The van der Waals surface area contributed by atoms with E-state index in [0.29, 0.717) is 17.1 Å². The van der Waals surface area contributed by atoms with Gasteiger partial charge >= 0.3 is 0 Å². The molecule has 7 heteroatoms. The maximum Gasteiger partial charge on any atom is 0.296 e. The van der Waals surface area contributed by atoms with Crippen molar-refractivity contribution in [2.75, 3.05) is 5.32 Å². The Kier molecular flexibility index (Phi) is 2.86. The van der Waals surface area contributed by atoms with Crippen molar-refractivity contribution in [3.05, 3.63) is 52.5 Å². The molecule has 0 radical (unpaired) electrons. The SMILES string of the molecule is CC(Nc1nc2ccc([N+](=O)[O-])cc2o1)c1ccco1. The summed E-state index contributed by atoms with van der Waals surface area (Å²) in [6, 6.07) is 8.11. The van der Waals surface area contributed by atoms with Crippen molar-refractivity contribution in [3.8, 4) is 0 Å². The van der Waals surface area contributed by atoms with Crippen LogP contribution < -0.4 is 5.32 Å². The molecule has 2 heterocycles. The molecule has 0 fully saturated rings. The van der Waals surface area contributed by atoms with Gasteiger partial charge in [0.1, 0.15) is 11.3 Å². The summed E-state index contributed by atoms with van der Waals surface area (Å²) in [5.41, 5.74) is 0.900. The van der Waals surface area contributed by atoms with Crippen LogP contribution in [0.25, 0.3) is 11.1 Å². The summed E-state index contributed by atoms with van der Waals surface area (Å²) in [5.74, 6) is 0.748. The average molecular weight is 273 g/mol. The molecule has 0 spiro atoms. The number of oxazole rings is 1. The number of nitrogens with zero attached hydrogens (tertiary/aromatic N) is 2. The fraction of sp³-hybridized carbons (Fsp3) is 0.154. The van der Waals surface area contributed by atoms with E-state index < -0.39 is 4.92 Å². The Bertz CT molecular complexity index is 748. The molecule has 1 aromatic carbocycles. The fourth-order valence-electron chi connectivity index (χ4n) is 1.88. The topological polar surface area (TPSA) is 94.3 Å². The lowest BCUT2D eigenvalue weighted by molar-refractivity contribution is -0.384.